The maximum absolute atomic E-state index is 9.43. The third-order valence-corrected chi connectivity index (χ3v) is 9.79. The molecule has 0 saturated carbocycles. The van der Waals surface area contributed by atoms with Crippen LogP contribution >= 0.6 is 0 Å². The smallest absolute Gasteiger partial charge is 0.314 e. The van der Waals surface area contributed by atoms with Crippen molar-refractivity contribution in [2.24, 2.45) is 0 Å². The molecule has 0 aromatic carbocycles. The van der Waals surface area contributed by atoms with E-state index in [0.717, 1.165) is 0 Å². The Morgan fingerprint density at radius 2 is 1.05 bits per heavy atom. The van der Waals surface area contributed by atoms with Gasteiger partial charge in [0.25, 0.3) is 0 Å². The van der Waals surface area contributed by atoms with Crippen LogP contribution in [0.5, 0.6) is 0 Å². The van der Waals surface area contributed by atoms with Crippen molar-refractivity contribution in [2.75, 3.05) is 0 Å². The van der Waals surface area contributed by atoms with Crippen LogP contribution in [-0.2, 0) is 9.59 Å². The average molecular weight is 440 g/mol. The van der Waals surface area contributed by atoms with E-state index in [4.69, 9.17) is 10.2 Å². The Morgan fingerprint density at radius 1 is 0.682 bits per heavy atom. The molecular weight excluding hydrogens is 406 g/mol. The Labute approximate surface area is 160 Å². The van der Waals surface area contributed by atoms with Gasteiger partial charge in [0.2, 0.25) is 0 Å². The van der Waals surface area contributed by atoms with Gasteiger partial charge in [-0.15, -0.1) is 0 Å². The average Bonchev–Trinajstić information content (AvgIpc) is 2.44. The van der Waals surface area contributed by atoms with Crippen LogP contribution in [0.15, 0.2) is 0 Å². The minimum atomic E-state index is -1.31. The Balaban J connectivity index is 0. The second kappa shape index (κ2) is 21.5. The molecule has 0 aromatic heterocycles. The van der Waals surface area contributed by atoms with Crippen molar-refractivity contribution in [3.8, 4) is 0 Å². The van der Waals surface area contributed by atoms with E-state index < -0.39 is 18.4 Å². The summed E-state index contributed by atoms with van der Waals surface area (Å²) < 4.78 is 3.41. The number of rotatable bonds is 14. The van der Waals surface area contributed by atoms with E-state index in [2.05, 4.69) is 13.8 Å². The normalized spacial score (nSPS) is 9.55. The maximum atomic E-state index is 9.43. The second-order valence-electron chi connectivity index (χ2n) is 5.85. The summed E-state index contributed by atoms with van der Waals surface area (Å²) in [6, 6.07) is 0. The summed E-state index contributed by atoms with van der Waals surface area (Å²) in [5.74, 6) is -2.62. The molecule has 0 spiro atoms. The SMILES string of the molecule is CCCCCC[CH2][Ba][CH2]CCCCCC.O=C(O)CC(=O)O. The van der Waals surface area contributed by atoms with E-state index in [0.29, 0.717) is 0 Å². The second-order valence-corrected chi connectivity index (χ2v) is 12.5. The fraction of sp³-hybridized carbons (Fsp3) is 0.882. The van der Waals surface area contributed by atoms with Gasteiger partial charge in [-0.3, -0.25) is 9.59 Å². The van der Waals surface area contributed by atoms with E-state index in [1.54, 1.807) is 14.6 Å². The summed E-state index contributed by atoms with van der Waals surface area (Å²) in [5, 5.41) is 15.4. The topological polar surface area (TPSA) is 74.6 Å². The number of carboxylic acid groups (broad SMARTS) is 2. The Hall–Kier alpha value is 0.511. The standard InChI is InChI=1S/2C7H15.C3H4O4.Ba/c2*1-3-5-7-6-4-2;4-2(5)1-3(6)7;/h2*1,3-7H2,2H3;1H2,(H,4,5)(H,6,7);. The van der Waals surface area contributed by atoms with Gasteiger partial charge >= 0.3 is 136 Å². The zero-order valence-electron chi connectivity index (χ0n) is 14.6. The fourth-order valence-corrected chi connectivity index (χ4v) is 7.77. The van der Waals surface area contributed by atoms with Gasteiger partial charge in [0, 0.05) is 0 Å². The molecule has 0 bridgehead atoms. The van der Waals surface area contributed by atoms with Crippen LogP contribution in [-0.4, -0.2) is 66.3 Å². The van der Waals surface area contributed by atoms with E-state index >= 15 is 0 Å². The maximum Gasteiger partial charge on any atom is 0.314 e. The molecule has 0 aliphatic rings. The third-order valence-electron chi connectivity index (χ3n) is 3.51. The molecule has 0 heterocycles. The van der Waals surface area contributed by atoms with E-state index in [1.165, 1.54) is 51.4 Å². The molecule has 0 radical (unpaired) electrons. The predicted octanol–water partition coefficient (Wildman–Crippen LogP) is 5.01. The van der Waals surface area contributed by atoms with E-state index in [1.807, 2.05) is 0 Å². The molecule has 0 aromatic rings. The van der Waals surface area contributed by atoms with Crippen molar-refractivity contribution in [3.05, 3.63) is 0 Å². The van der Waals surface area contributed by atoms with Crippen molar-refractivity contribution in [3.63, 3.8) is 0 Å². The van der Waals surface area contributed by atoms with Gasteiger partial charge in [0.1, 0.15) is 6.42 Å². The molecule has 0 aliphatic carbocycles. The number of hydrogen-bond donors (Lipinski definition) is 2. The first-order chi connectivity index (χ1) is 10.5. The van der Waals surface area contributed by atoms with Crippen molar-refractivity contribution in [1.29, 1.82) is 0 Å². The fourth-order valence-electron chi connectivity index (χ4n) is 2.22. The van der Waals surface area contributed by atoms with Crippen LogP contribution in [0.25, 0.3) is 0 Å². The Bertz CT molecular complexity index is 233. The van der Waals surface area contributed by atoms with Crippen molar-refractivity contribution in [2.45, 2.75) is 86.3 Å². The molecule has 0 saturated heterocycles. The summed E-state index contributed by atoms with van der Waals surface area (Å²) >= 11 is -0.342. The number of aliphatic carboxylic acids is 2. The molecular formula is C17H34BaO4. The molecule has 0 aliphatic heterocycles. The quantitative estimate of drug-likeness (QED) is 0.226. The van der Waals surface area contributed by atoms with Gasteiger partial charge in [0.05, 0.1) is 0 Å². The van der Waals surface area contributed by atoms with Crippen LogP contribution in [0.4, 0.5) is 0 Å². The molecule has 0 rings (SSSR count). The molecule has 0 unspecified atom stereocenters. The molecule has 5 heteroatoms. The summed E-state index contributed by atoms with van der Waals surface area (Å²) in [6.07, 6.45) is 14.1. The Morgan fingerprint density at radius 3 is 1.32 bits per heavy atom. The summed E-state index contributed by atoms with van der Waals surface area (Å²) in [7, 11) is 0. The predicted molar refractivity (Wildman–Crippen MR) is 92.8 cm³/mol. The van der Waals surface area contributed by atoms with Gasteiger partial charge in [-0.2, -0.15) is 0 Å². The van der Waals surface area contributed by atoms with Crippen LogP contribution in [0.1, 0.15) is 84.5 Å². The number of carbonyl (C=O) groups is 2. The summed E-state index contributed by atoms with van der Waals surface area (Å²) in [6.45, 7) is 4.60. The number of unbranched alkanes of at least 4 members (excludes halogenated alkanes) is 8. The monoisotopic (exact) mass is 440 g/mol. The molecule has 0 amide bonds. The van der Waals surface area contributed by atoms with Gasteiger partial charge in [-0.1, -0.05) is 0 Å². The van der Waals surface area contributed by atoms with Crippen molar-refractivity contribution in [1.82, 2.24) is 0 Å². The molecule has 0 atom stereocenters. The molecule has 0 fully saturated rings. The first kappa shape index (κ1) is 24.8. The largest absolute Gasteiger partial charge is 0.481 e. The van der Waals surface area contributed by atoms with Gasteiger partial charge in [-0.25, -0.2) is 0 Å². The van der Waals surface area contributed by atoms with E-state index in [9.17, 15) is 9.59 Å². The molecule has 22 heavy (non-hydrogen) atoms. The molecule has 2 N–H and O–H groups in total. The van der Waals surface area contributed by atoms with Gasteiger partial charge in [0.15, 0.2) is 0 Å². The molecule has 4 nitrogen and oxygen atoms in total. The van der Waals surface area contributed by atoms with Crippen LogP contribution in [0.3, 0.4) is 0 Å². The van der Waals surface area contributed by atoms with E-state index in [-0.39, 0.29) is 44.2 Å². The third kappa shape index (κ3) is 28.6. The minimum absolute atomic E-state index is 0.342. The number of carboxylic acids is 2. The minimum Gasteiger partial charge on any atom is -0.481 e. The van der Waals surface area contributed by atoms with Crippen molar-refractivity contribution >= 4 is 56.1 Å². The first-order valence-corrected chi connectivity index (χ1v) is 15.3. The van der Waals surface area contributed by atoms with Crippen LogP contribution in [0.2, 0.25) is 1.78 Å². The summed E-state index contributed by atoms with van der Waals surface area (Å²) in [5.41, 5.74) is 0. The zero-order chi connectivity index (χ0) is 17.1. The van der Waals surface area contributed by atoms with Crippen LogP contribution in [0, 0.1) is 0 Å². The van der Waals surface area contributed by atoms with Crippen molar-refractivity contribution < 1.29 is 19.8 Å². The van der Waals surface area contributed by atoms with Crippen LogP contribution < -0.4 is 0 Å². The Kier molecular flexibility index (Phi) is 24.2. The number of hydrogen-bond acceptors (Lipinski definition) is 2. The zero-order valence-corrected chi connectivity index (χ0v) is 19.1. The van der Waals surface area contributed by atoms with Gasteiger partial charge < -0.3 is 10.2 Å². The summed E-state index contributed by atoms with van der Waals surface area (Å²) in [4.78, 5) is 18.9. The van der Waals surface area contributed by atoms with Gasteiger partial charge in [-0.05, 0) is 0 Å². The molecule has 128 valence electrons. The first-order valence-electron chi connectivity index (χ1n) is 8.98.